The zero-order valence-electron chi connectivity index (χ0n) is 10.4. The highest BCUT2D eigenvalue weighted by Crippen LogP contribution is 2.34. The lowest BCUT2D eigenvalue weighted by Gasteiger charge is -2.03. The monoisotopic (exact) mass is 251 g/mol. The summed E-state index contributed by atoms with van der Waals surface area (Å²) < 4.78 is 11.7. The molecule has 1 heterocycles. The predicted molar refractivity (Wildman–Crippen MR) is 68.9 cm³/mol. The smallest absolute Gasteiger partial charge is 0.224 e. The number of rotatable bonds is 6. The van der Waals surface area contributed by atoms with Crippen molar-refractivity contribution in [1.29, 1.82) is 0 Å². The van der Waals surface area contributed by atoms with Crippen LogP contribution < -0.4 is 5.32 Å². The van der Waals surface area contributed by atoms with Crippen molar-refractivity contribution in [3.8, 4) is 0 Å². The molecule has 7 nitrogen and oxygen atoms in total. The maximum Gasteiger partial charge on any atom is 0.224 e. The Kier molecular flexibility index (Phi) is 4.43. The van der Waals surface area contributed by atoms with Gasteiger partial charge in [0.15, 0.2) is 0 Å². The molecule has 18 heavy (non-hydrogen) atoms. The fourth-order valence-electron chi connectivity index (χ4n) is 1.43. The van der Waals surface area contributed by atoms with Crippen LogP contribution in [0.4, 0.5) is 5.69 Å². The number of hydrogen-bond acceptors (Lipinski definition) is 4. The van der Waals surface area contributed by atoms with E-state index in [4.69, 9.17) is 9.47 Å². The van der Waals surface area contributed by atoms with E-state index in [0.717, 1.165) is 5.69 Å². The third kappa shape index (κ3) is 3.64. The SMILES string of the molecule is C=NC(=NCOCOC)Nc1cnn(C2CC2)c1. The van der Waals surface area contributed by atoms with Crippen LogP contribution in [0.3, 0.4) is 0 Å². The summed E-state index contributed by atoms with van der Waals surface area (Å²) in [5, 5.41) is 7.29. The molecule has 1 saturated carbocycles. The average Bonchev–Trinajstić information content (AvgIpc) is 3.14. The minimum Gasteiger partial charge on any atom is -0.359 e. The van der Waals surface area contributed by atoms with E-state index in [1.165, 1.54) is 12.8 Å². The van der Waals surface area contributed by atoms with Crippen LogP contribution in [0.15, 0.2) is 22.4 Å². The molecule has 0 atom stereocenters. The van der Waals surface area contributed by atoms with Crippen LogP contribution in [0.5, 0.6) is 0 Å². The summed E-state index contributed by atoms with van der Waals surface area (Å²) in [6.45, 7) is 3.83. The Bertz CT molecular complexity index is 425. The van der Waals surface area contributed by atoms with Crippen molar-refractivity contribution < 1.29 is 9.47 Å². The van der Waals surface area contributed by atoms with E-state index in [1.54, 1.807) is 13.3 Å². The summed E-state index contributed by atoms with van der Waals surface area (Å²) in [6.07, 6.45) is 6.09. The normalized spacial score (nSPS) is 15.7. The highest BCUT2D eigenvalue weighted by Gasteiger charge is 2.24. The summed E-state index contributed by atoms with van der Waals surface area (Å²) in [7, 11) is 1.56. The van der Waals surface area contributed by atoms with Crippen LogP contribution in [-0.2, 0) is 9.47 Å². The van der Waals surface area contributed by atoms with Gasteiger partial charge in [0.1, 0.15) is 13.5 Å². The first-order valence-corrected chi connectivity index (χ1v) is 5.72. The summed E-state index contributed by atoms with van der Waals surface area (Å²) >= 11 is 0. The minimum atomic E-state index is 0.173. The van der Waals surface area contributed by atoms with Crippen molar-refractivity contribution >= 4 is 18.4 Å². The Morgan fingerprint density at radius 3 is 3.17 bits per heavy atom. The quantitative estimate of drug-likeness (QED) is 0.357. The van der Waals surface area contributed by atoms with Gasteiger partial charge in [-0.3, -0.25) is 4.68 Å². The van der Waals surface area contributed by atoms with Gasteiger partial charge in [-0.05, 0) is 19.6 Å². The Hall–Kier alpha value is -1.73. The van der Waals surface area contributed by atoms with Crippen LogP contribution in [0.1, 0.15) is 18.9 Å². The number of hydrogen-bond donors (Lipinski definition) is 1. The summed E-state index contributed by atoms with van der Waals surface area (Å²) in [5.41, 5.74) is 0.847. The second-order valence-electron chi connectivity index (χ2n) is 3.94. The second kappa shape index (κ2) is 6.27. The number of anilines is 1. The molecule has 0 saturated heterocycles. The topological polar surface area (TPSA) is 73.0 Å². The lowest BCUT2D eigenvalue weighted by Crippen LogP contribution is -2.10. The second-order valence-corrected chi connectivity index (χ2v) is 3.94. The van der Waals surface area contributed by atoms with Gasteiger partial charge in [-0.25, -0.2) is 9.98 Å². The molecule has 98 valence electrons. The summed E-state index contributed by atoms with van der Waals surface area (Å²) in [6, 6.07) is 0.558. The highest BCUT2D eigenvalue weighted by molar-refractivity contribution is 5.96. The molecule has 1 aromatic heterocycles. The molecule has 0 aliphatic heterocycles. The molecular weight excluding hydrogens is 234 g/mol. The lowest BCUT2D eigenvalue weighted by molar-refractivity contribution is -0.0272. The first-order chi connectivity index (χ1) is 8.83. The molecule has 1 fully saturated rings. The number of aliphatic imine (C=N–C) groups is 2. The zero-order valence-corrected chi connectivity index (χ0v) is 10.4. The van der Waals surface area contributed by atoms with Gasteiger partial charge in [0, 0.05) is 13.3 Å². The third-order valence-electron chi connectivity index (χ3n) is 2.44. The summed E-state index contributed by atoms with van der Waals surface area (Å²) in [4.78, 5) is 7.86. The Morgan fingerprint density at radius 2 is 2.50 bits per heavy atom. The number of aromatic nitrogens is 2. The van der Waals surface area contributed by atoms with Gasteiger partial charge in [-0.15, -0.1) is 0 Å². The van der Waals surface area contributed by atoms with Crippen molar-refractivity contribution in [2.24, 2.45) is 9.98 Å². The molecule has 1 N–H and O–H groups in total. The molecule has 1 aliphatic rings. The van der Waals surface area contributed by atoms with E-state index in [-0.39, 0.29) is 13.5 Å². The Balaban J connectivity index is 1.85. The van der Waals surface area contributed by atoms with Crippen LogP contribution in [0, 0.1) is 0 Å². The van der Waals surface area contributed by atoms with E-state index >= 15 is 0 Å². The molecule has 0 aromatic carbocycles. The van der Waals surface area contributed by atoms with Crippen LogP contribution >= 0.6 is 0 Å². The van der Waals surface area contributed by atoms with Crippen molar-refractivity contribution in [3.63, 3.8) is 0 Å². The fourth-order valence-corrected chi connectivity index (χ4v) is 1.43. The molecule has 1 aromatic rings. The zero-order chi connectivity index (χ0) is 12.8. The lowest BCUT2D eigenvalue weighted by atomic mass is 10.5. The van der Waals surface area contributed by atoms with Gasteiger partial charge in [-0.1, -0.05) is 0 Å². The molecule has 0 bridgehead atoms. The molecule has 1 aliphatic carbocycles. The number of guanidine groups is 1. The average molecular weight is 251 g/mol. The molecule has 0 spiro atoms. The van der Waals surface area contributed by atoms with Gasteiger partial charge in [-0.2, -0.15) is 5.10 Å². The summed E-state index contributed by atoms with van der Waals surface area (Å²) in [5.74, 6) is 0.404. The van der Waals surface area contributed by atoms with Crippen molar-refractivity contribution in [3.05, 3.63) is 12.4 Å². The Morgan fingerprint density at radius 1 is 1.67 bits per heavy atom. The minimum absolute atomic E-state index is 0.173. The molecule has 2 rings (SSSR count). The number of methoxy groups -OCH3 is 1. The molecular formula is C11H17N5O2. The standard InChI is InChI=1S/C11H17N5O2/c1-12-11(13-7-18-8-17-2)15-9-5-14-16(6-9)10-3-4-10/h5-6,10H,1,3-4,7-8H2,2H3,(H,13,15). The predicted octanol–water partition coefficient (Wildman–Crippen LogP) is 1.26. The molecule has 0 unspecified atom stereocenters. The molecule has 0 amide bonds. The van der Waals surface area contributed by atoms with Gasteiger partial charge in [0.25, 0.3) is 0 Å². The van der Waals surface area contributed by atoms with Gasteiger partial charge in [0.05, 0.1) is 17.9 Å². The third-order valence-corrected chi connectivity index (χ3v) is 2.44. The van der Waals surface area contributed by atoms with Gasteiger partial charge < -0.3 is 14.8 Å². The largest absolute Gasteiger partial charge is 0.359 e. The van der Waals surface area contributed by atoms with E-state index in [2.05, 4.69) is 27.1 Å². The fraction of sp³-hybridized carbons (Fsp3) is 0.545. The van der Waals surface area contributed by atoms with Crippen LogP contribution in [0.2, 0.25) is 0 Å². The molecule has 0 radical (unpaired) electrons. The maximum atomic E-state index is 5.05. The number of nitrogens with one attached hydrogen (secondary N) is 1. The van der Waals surface area contributed by atoms with E-state index in [1.807, 2.05) is 10.9 Å². The first kappa shape index (κ1) is 12.7. The van der Waals surface area contributed by atoms with Gasteiger partial charge in [0.2, 0.25) is 5.96 Å². The number of nitrogens with zero attached hydrogens (tertiary/aromatic N) is 4. The van der Waals surface area contributed by atoms with E-state index in [0.29, 0.717) is 12.0 Å². The van der Waals surface area contributed by atoms with E-state index < -0.39 is 0 Å². The maximum absolute atomic E-state index is 5.05. The molecule has 7 heteroatoms. The van der Waals surface area contributed by atoms with Crippen molar-refractivity contribution in [2.45, 2.75) is 18.9 Å². The van der Waals surface area contributed by atoms with Crippen molar-refractivity contribution in [2.75, 3.05) is 26.0 Å². The first-order valence-electron chi connectivity index (χ1n) is 5.72. The Labute approximate surface area is 106 Å². The van der Waals surface area contributed by atoms with Gasteiger partial charge >= 0.3 is 0 Å². The van der Waals surface area contributed by atoms with Crippen LogP contribution in [-0.4, -0.2) is 43.1 Å². The van der Waals surface area contributed by atoms with Crippen LogP contribution in [0.25, 0.3) is 0 Å². The highest BCUT2D eigenvalue weighted by atomic mass is 16.7. The van der Waals surface area contributed by atoms with E-state index in [9.17, 15) is 0 Å². The van der Waals surface area contributed by atoms with Crippen molar-refractivity contribution in [1.82, 2.24) is 9.78 Å². The number of ether oxygens (including phenoxy) is 2.